The van der Waals surface area contributed by atoms with Crippen molar-refractivity contribution in [1.29, 1.82) is 0 Å². The lowest BCUT2D eigenvalue weighted by atomic mass is 10.1. The van der Waals surface area contributed by atoms with Crippen molar-refractivity contribution in [3.8, 4) is 11.5 Å². The van der Waals surface area contributed by atoms with Crippen molar-refractivity contribution in [3.63, 3.8) is 0 Å². The Morgan fingerprint density at radius 3 is 2.79 bits per heavy atom. The molecule has 1 aliphatic heterocycles. The van der Waals surface area contributed by atoms with Crippen molar-refractivity contribution in [2.24, 2.45) is 0 Å². The molecular weight excluding hydrogens is 473 g/mol. The summed E-state index contributed by atoms with van der Waals surface area (Å²) in [6.45, 7) is 1.85. The molecule has 0 radical (unpaired) electrons. The fourth-order valence-electron chi connectivity index (χ4n) is 2.59. The average molecular weight is 487 g/mol. The number of aromatic hydroxyl groups is 1. The molecule has 1 heterocycles. The number of ether oxygens (including phenoxy) is 1. The molecule has 0 bridgehead atoms. The van der Waals surface area contributed by atoms with Gasteiger partial charge in [0.2, 0.25) is 0 Å². The predicted octanol–water partition coefficient (Wildman–Crippen LogP) is 5.58. The largest absolute Gasteiger partial charge is 0.504 e. The molecule has 9 heteroatoms. The Morgan fingerprint density at radius 1 is 1.36 bits per heavy atom. The lowest BCUT2D eigenvalue weighted by Crippen LogP contribution is -2.28. The standard InChI is InChI=1S/C19H14BrClFNO4S/c1-2-27-15-8-11(20)6-10(17(15)24)7-16-18(25)23(19(26)28-16)9-12-13(21)4-3-5-14(12)22/h3-8,24H,2,9H2,1H3/b16-7-. The summed E-state index contributed by atoms with van der Waals surface area (Å²) >= 11 is 10.0. The summed E-state index contributed by atoms with van der Waals surface area (Å²) in [5, 5.41) is 9.94. The van der Waals surface area contributed by atoms with E-state index in [2.05, 4.69) is 15.9 Å². The van der Waals surface area contributed by atoms with Crippen molar-refractivity contribution in [1.82, 2.24) is 4.90 Å². The number of thioether (sulfide) groups is 1. The fraction of sp³-hybridized carbons (Fsp3) is 0.158. The zero-order valence-electron chi connectivity index (χ0n) is 14.5. The Bertz CT molecular complexity index is 978. The number of halogens is 3. The molecule has 5 nitrogen and oxygen atoms in total. The van der Waals surface area contributed by atoms with Crippen molar-refractivity contribution in [2.75, 3.05) is 6.61 Å². The van der Waals surface area contributed by atoms with Gasteiger partial charge in [0.1, 0.15) is 5.82 Å². The van der Waals surface area contributed by atoms with E-state index in [0.717, 1.165) is 4.90 Å². The van der Waals surface area contributed by atoms with Crippen molar-refractivity contribution in [3.05, 3.63) is 61.7 Å². The van der Waals surface area contributed by atoms with Crippen LogP contribution in [0.25, 0.3) is 6.08 Å². The minimum Gasteiger partial charge on any atom is -0.504 e. The molecule has 2 aromatic rings. The minimum atomic E-state index is -0.596. The lowest BCUT2D eigenvalue weighted by molar-refractivity contribution is -0.123. The molecule has 28 heavy (non-hydrogen) atoms. The number of imide groups is 1. The van der Waals surface area contributed by atoms with Crippen LogP contribution in [0.15, 0.2) is 39.7 Å². The Morgan fingerprint density at radius 2 is 2.11 bits per heavy atom. The zero-order valence-corrected chi connectivity index (χ0v) is 17.7. The summed E-state index contributed by atoms with van der Waals surface area (Å²) in [6.07, 6.45) is 1.40. The van der Waals surface area contributed by atoms with E-state index in [9.17, 15) is 19.1 Å². The number of rotatable bonds is 5. The maximum absolute atomic E-state index is 14.0. The van der Waals surface area contributed by atoms with Gasteiger partial charge in [-0.1, -0.05) is 33.6 Å². The maximum Gasteiger partial charge on any atom is 0.293 e. The number of carbonyl (C=O) groups excluding carboxylic acids is 2. The number of nitrogens with zero attached hydrogens (tertiary/aromatic N) is 1. The molecule has 0 aliphatic carbocycles. The monoisotopic (exact) mass is 485 g/mol. The quantitative estimate of drug-likeness (QED) is 0.559. The molecule has 1 saturated heterocycles. The molecule has 1 fully saturated rings. The van der Waals surface area contributed by atoms with E-state index in [1.807, 2.05) is 0 Å². The Kier molecular flexibility index (Phi) is 6.32. The zero-order chi connectivity index (χ0) is 20.4. The second-order valence-corrected chi connectivity index (χ2v) is 8.06. The van der Waals surface area contributed by atoms with Crippen LogP contribution in [0.4, 0.5) is 9.18 Å². The molecule has 1 aliphatic rings. The van der Waals surface area contributed by atoms with E-state index in [1.54, 1.807) is 19.1 Å². The van der Waals surface area contributed by atoms with Crippen LogP contribution in [0, 0.1) is 5.82 Å². The number of amides is 2. The molecule has 2 amide bonds. The van der Waals surface area contributed by atoms with Gasteiger partial charge in [0.05, 0.1) is 18.1 Å². The highest BCUT2D eigenvalue weighted by Gasteiger charge is 2.36. The van der Waals surface area contributed by atoms with Gasteiger partial charge >= 0.3 is 0 Å². The van der Waals surface area contributed by atoms with Crippen molar-refractivity contribution in [2.45, 2.75) is 13.5 Å². The van der Waals surface area contributed by atoms with Gasteiger partial charge in [-0.3, -0.25) is 14.5 Å². The summed E-state index contributed by atoms with van der Waals surface area (Å²) in [5.74, 6) is -1.08. The van der Waals surface area contributed by atoms with E-state index >= 15 is 0 Å². The van der Waals surface area contributed by atoms with Gasteiger partial charge in [-0.15, -0.1) is 0 Å². The number of phenolic OH excluding ortho intramolecular Hbond substituents is 1. The van der Waals surface area contributed by atoms with Crippen LogP contribution in [0.3, 0.4) is 0 Å². The molecule has 3 rings (SSSR count). The molecule has 0 atom stereocenters. The third-order valence-corrected chi connectivity index (χ3v) is 5.63. The summed E-state index contributed by atoms with van der Waals surface area (Å²) in [6, 6.07) is 7.34. The van der Waals surface area contributed by atoms with Gasteiger partial charge in [-0.25, -0.2) is 4.39 Å². The summed E-state index contributed by atoms with van der Waals surface area (Å²) in [7, 11) is 0. The van der Waals surface area contributed by atoms with Crippen molar-refractivity contribution >= 4 is 56.5 Å². The fourth-order valence-corrected chi connectivity index (χ4v) is 4.10. The summed E-state index contributed by atoms with van der Waals surface area (Å²) < 4.78 is 20.0. The smallest absolute Gasteiger partial charge is 0.293 e. The second kappa shape index (κ2) is 8.55. The minimum absolute atomic E-state index is 0.0663. The van der Waals surface area contributed by atoms with Crippen LogP contribution in [-0.4, -0.2) is 27.8 Å². The van der Waals surface area contributed by atoms with Crippen LogP contribution in [0.2, 0.25) is 5.02 Å². The SMILES string of the molecule is CCOc1cc(Br)cc(/C=C2\SC(=O)N(Cc3c(F)cccc3Cl)C2=O)c1O. The number of benzene rings is 2. The van der Waals surface area contributed by atoms with Crippen LogP contribution in [0.5, 0.6) is 11.5 Å². The normalized spacial score (nSPS) is 15.6. The summed E-state index contributed by atoms with van der Waals surface area (Å²) in [4.78, 5) is 26.0. The third kappa shape index (κ3) is 4.19. The number of hydrogen-bond donors (Lipinski definition) is 1. The van der Waals surface area contributed by atoms with Crippen LogP contribution in [-0.2, 0) is 11.3 Å². The Labute approximate surface area is 178 Å². The van der Waals surface area contributed by atoms with E-state index in [0.29, 0.717) is 28.4 Å². The first-order valence-electron chi connectivity index (χ1n) is 8.15. The van der Waals surface area contributed by atoms with Gasteiger partial charge in [0, 0.05) is 20.6 Å². The highest BCUT2D eigenvalue weighted by atomic mass is 79.9. The average Bonchev–Trinajstić information content (AvgIpc) is 2.89. The van der Waals surface area contributed by atoms with E-state index in [4.69, 9.17) is 16.3 Å². The lowest BCUT2D eigenvalue weighted by Gasteiger charge is -2.14. The van der Waals surface area contributed by atoms with E-state index in [-0.39, 0.29) is 33.5 Å². The number of hydrogen-bond acceptors (Lipinski definition) is 5. The molecule has 0 saturated carbocycles. The van der Waals surface area contributed by atoms with Gasteiger partial charge in [-0.2, -0.15) is 0 Å². The van der Waals surface area contributed by atoms with Crippen LogP contribution >= 0.6 is 39.3 Å². The number of carbonyl (C=O) groups is 2. The van der Waals surface area contributed by atoms with Gasteiger partial charge < -0.3 is 9.84 Å². The van der Waals surface area contributed by atoms with Crippen LogP contribution in [0.1, 0.15) is 18.1 Å². The highest BCUT2D eigenvalue weighted by Crippen LogP contribution is 2.39. The molecular formula is C19H14BrClFNO4S. The molecule has 146 valence electrons. The van der Waals surface area contributed by atoms with Crippen molar-refractivity contribution < 1.29 is 23.8 Å². The molecule has 1 N–H and O–H groups in total. The number of phenols is 1. The predicted molar refractivity (Wildman–Crippen MR) is 110 cm³/mol. The van der Waals surface area contributed by atoms with Crippen LogP contribution < -0.4 is 4.74 Å². The molecule has 0 unspecified atom stereocenters. The first-order valence-corrected chi connectivity index (χ1v) is 10.1. The Balaban J connectivity index is 1.92. The highest BCUT2D eigenvalue weighted by molar-refractivity contribution is 9.10. The molecule has 0 aromatic heterocycles. The summed E-state index contributed by atoms with van der Waals surface area (Å²) in [5.41, 5.74) is 0.379. The third-order valence-electron chi connectivity index (χ3n) is 3.91. The topological polar surface area (TPSA) is 66.8 Å². The molecule has 2 aromatic carbocycles. The first kappa shape index (κ1) is 20.7. The van der Waals surface area contributed by atoms with Gasteiger partial charge in [0.15, 0.2) is 11.5 Å². The molecule has 0 spiro atoms. The van der Waals surface area contributed by atoms with Gasteiger partial charge in [-0.05, 0) is 49.0 Å². The van der Waals surface area contributed by atoms with E-state index in [1.165, 1.54) is 24.3 Å². The van der Waals surface area contributed by atoms with E-state index < -0.39 is 17.0 Å². The van der Waals surface area contributed by atoms with Gasteiger partial charge in [0.25, 0.3) is 11.1 Å². The first-order chi connectivity index (χ1) is 13.3. The second-order valence-electron chi connectivity index (χ2n) is 5.74. The Hall–Kier alpha value is -2.03. The maximum atomic E-state index is 14.0.